The minimum Gasteiger partial charge on any atom is -0.237 e. The van der Waals surface area contributed by atoms with Crippen LogP contribution in [0, 0.1) is 0 Å². The van der Waals surface area contributed by atoms with Crippen molar-refractivity contribution in [3.8, 4) is 11.1 Å². The normalized spacial score (nSPS) is 23.9. The van der Waals surface area contributed by atoms with Crippen LogP contribution in [-0.4, -0.2) is 32.9 Å². The van der Waals surface area contributed by atoms with E-state index in [1.807, 2.05) is 42.5 Å². The van der Waals surface area contributed by atoms with Crippen molar-refractivity contribution in [3.05, 3.63) is 60.2 Å². The van der Waals surface area contributed by atoms with E-state index in [9.17, 15) is 8.42 Å². The van der Waals surface area contributed by atoms with Gasteiger partial charge in [0.1, 0.15) is 0 Å². The molecule has 1 aliphatic carbocycles. The second-order valence-electron chi connectivity index (χ2n) is 7.01. The quantitative estimate of drug-likeness (QED) is 0.861. The van der Waals surface area contributed by atoms with Crippen LogP contribution in [0.15, 0.2) is 54.6 Å². The van der Waals surface area contributed by atoms with Crippen LogP contribution in [0.3, 0.4) is 0 Å². The van der Waals surface area contributed by atoms with Crippen molar-refractivity contribution in [1.29, 1.82) is 0 Å². The predicted octanol–water partition coefficient (Wildman–Crippen LogP) is 3.86. The van der Waals surface area contributed by atoms with Gasteiger partial charge < -0.3 is 0 Å². The Morgan fingerprint density at radius 3 is 2.23 bits per heavy atom. The summed E-state index contributed by atoms with van der Waals surface area (Å²) in [5.41, 5.74) is 0.916. The van der Waals surface area contributed by atoms with Gasteiger partial charge in [0.25, 0.3) is 10.2 Å². The third kappa shape index (κ3) is 3.82. The summed E-state index contributed by atoms with van der Waals surface area (Å²) in [4.78, 5) is 0. The lowest BCUT2D eigenvalue weighted by atomic mass is 9.77. The van der Waals surface area contributed by atoms with Gasteiger partial charge in [-0.05, 0) is 36.0 Å². The van der Waals surface area contributed by atoms with E-state index in [2.05, 4.69) is 4.72 Å². The minimum absolute atomic E-state index is 0.318. The lowest BCUT2D eigenvalue weighted by molar-refractivity contribution is 0.0706. The molecule has 1 N–H and O–H groups in total. The van der Waals surface area contributed by atoms with Gasteiger partial charge in [-0.25, -0.2) is 4.39 Å². The van der Waals surface area contributed by atoms with Gasteiger partial charge in [0.05, 0.1) is 6.04 Å². The molecule has 0 radical (unpaired) electrons. The summed E-state index contributed by atoms with van der Waals surface area (Å²) >= 11 is 0. The van der Waals surface area contributed by atoms with Gasteiger partial charge in [0, 0.05) is 14.1 Å². The third-order valence-corrected chi connectivity index (χ3v) is 6.62. The van der Waals surface area contributed by atoms with E-state index < -0.39 is 21.9 Å². The average molecular weight is 376 g/mol. The maximum Gasteiger partial charge on any atom is 0.279 e. The van der Waals surface area contributed by atoms with Crippen LogP contribution in [0.4, 0.5) is 4.39 Å². The molecule has 6 heteroatoms. The van der Waals surface area contributed by atoms with Crippen LogP contribution in [-0.2, 0) is 15.9 Å². The molecule has 140 valence electrons. The maximum absolute atomic E-state index is 16.0. The highest BCUT2D eigenvalue weighted by Crippen LogP contribution is 2.42. The molecule has 2 aromatic carbocycles. The fourth-order valence-electron chi connectivity index (χ4n) is 3.49. The van der Waals surface area contributed by atoms with Crippen molar-refractivity contribution in [2.24, 2.45) is 0 Å². The highest BCUT2D eigenvalue weighted by atomic mass is 32.2. The molecule has 3 rings (SSSR count). The van der Waals surface area contributed by atoms with E-state index in [4.69, 9.17) is 0 Å². The van der Waals surface area contributed by atoms with E-state index in [1.165, 1.54) is 14.1 Å². The van der Waals surface area contributed by atoms with Crippen LogP contribution in [0.25, 0.3) is 11.1 Å². The summed E-state index contributed by atoms with van der Waals surface area (Å²) in [5, 5.41) is 0. The smallest absolute Gasteiger partial charge is 0.237 e. The molecule has 26 heavy (non-hydrogen) atoms. The first-order chi connectivity index (χ1) is 12.3. The first-order valence-corrected chi connectivity index (χ1v) is 10.3. The number of nitrogens with zero attached hydrogens (tertiary/aromatic N) is 1. The van der Waals surface area contributed by atoms with Crippen molar-refractivity contribution in [1.82, 2.24) is 9.03 Å². The molecule has 0 spiro atoms. The maximum atomic E-state index is 16.0. The molecule has 2 aromatic rings. The van der Waals surface area contributed by atoms with Crippen LogP contribution < -0.4 is 4.72 Å². The van der Waals surface area contributed by atoms with Gasteiger partial charge in [-0.1, -0.05) is 61.0 Å². The summed E-state index contributed by atoms with van der Waals surface area (Å²) < 4.78 is 44.0. The Bertz CT molecular complexity index is 838. The topological polar surface area (TPSA) is 49.4 Å². The van der Waals surface area contributed by atoms with Crippen LogP contribution >= 0.6 is 0 Å². The third-order valence-electron chi connectivity index (χ3n) is 5.08. The lowest BCUT2D eigenvalue weighted by Crippen LogP contribution is -2.52. The zero-order chi connectivity index (χ0) is 18.8. The SMILES string of the molecule is CN(C)S(=O)(=O)NC1CCCCC1(F)c1ccc(-c2ccccc2)cc1. The van der Waals surface area contributed by atoms with E-state index >= 15 is 4.39 Å². The summed E-state index contributed by atoms with van der Waals surface area (Å²) in [5.74, 6) is 0. The van der Waals surface area contributed by atoms with Gasteiger partial charge >= 0.3 is 0 Å². The Hall–Kier alpha value is -1.76. The number of rotatable bonds is 5. The number of nitrogens with one attached hydrogen (secondary N) is 1. The van der Waals surface area contributed by atoms with Crippen LogP contribution in [0.5, 0.6) is 0 Å². The van der Waals surface area contributed by atoms with Gasteiger partial charge in [-0.2, -0.15) is 17.4 Å². The first kappa shape index (κ1) is 19.0. The molecule has 0 heterocycles. The van der Waals surface area contributed by atoms with Crippen molar-refractivity contribution in [2.45, 2.75) is 37.4 Å². The summed E-state index contributed by atoms with van der Waals surface area (Å²) in [6, 6.07) is 16.5. The Labute approximate surface area is 155 Å². The largest absolute Gasteiger partial charge is 0.279 e. The molecule has 1 saturated carbocycles. The zero-order valence-electron chi connectivity index (χ0n) is 15.2. The summed E-state index contributed by atoms with van der Waals surface area (Å²) in [6.07, 6.45) is 2.37. The minimum atomic E-state index is -3.68. The lowest BCUT2D eigenvalue weighted by Gasteiger charge is -2.38. The standard InChI is InChI=1S/C20H25FN2O2S/c1-23(2)26(24,25)22-19-10-6-7-15-20(19,21)18-13-11-17(12-14-18)16-8-4-3-5-9-16/h3-5,8-9,11-14,19,22H,6-7,10,15H2,1-2H3. The van der Waals surface area contributed by atoms with Crippen LogP contribution in [0.1, 0.15) is 31.2 Å². The molecule has 4 nitrogen and oxygen atoms in total. The van der Waals surface area contributed by atoms with Crippen molar-refractivity contribution in [3.63, 3.8) is 0 Å². The van der Waals surface area contributed by atoms with Crippen LogP contribution in [0.2, 0.25) is 0 Å². The molecule has 0 aliphatic heterocycles. The van der Waals surface area contributed by atoms with Crippen molar-refractivity contribution < 1.29 is 12.8 Å². The Kier molecular flexibility index (Phi) is 5.46. The second-order valence-corrected chi connectivity index (χ2v) is 8.93. The van der Waals surface area contributed by atoms with Crippen molar-refractivity contribution in [2.75, 3.05) is 14.1 Å². The molecule has 2 unspecified atom stereocenters. The molecule has 1 fully saturated rings. The molecule has 1 aliphatic rings. The Morgan fingerprint density at radius 2 is 1.62 bits per heavy atom. The number of hydrogen-bond acceptors (Lipinski definition) is 2. The van der Waals surface area contributed by atoms with Gasteiger partial charge in [0.15, 0.2) is 5.67 Å². The van der Waals surface area contributed by atoms with Crippen molar-refractivity contribution >= 4 is 10.2 Å². The second kappa shape index (κ2) is 7.47. The first-order valence-electron chi connectivity index (χ1n) is 8.87. The Balaban J connectivity index is 1.89. The fraction of sp³-hybridized carbons (Fsp3) is 0.400. The number of halogens is 1. The average Bonchev–Trinajstić information content (AvgIpc) is 2.64. The number of hydrogen-bond donors (Lipinski definition) is 1. The molecule has 2 atom stereocenters. The number of benzene rings is 2. The van der Waals surface area contributed by atoms with E-state index in [0.29, 0.717) is 18.4 Å². The molecule has 0 aromatic heterocycles. The van der Waals surface area contributed by atoms with E-state index in [0.717, 1.165) is 28.3 Å². The highest BCUT2D eigenvalue weighted by Gasteiger charge is 2.44. The summed E-state index contributed by atoms with van der Waals surface area (Å²) in [7, 11) is -0.796. The zero-order valence-corrected chi connectivity index (χ0v) is 16.0. The Morgan fingerprint density at radius 1 is 1.00 bits per heavy atom. The highest BCUT2D eigenvalue weighted by molar-refractivity contribution is 7.87. The fourth-order valence-corrected chi connectivity index (χ4v) is 4.36. The predicted molar refractivity (Wildman–Crippen MR) is 103 cm³/mol. The molecule has 0 saturated heterocycles. The molecule has 0 bridgehead atoms. The van der Waals surface area contributed by atoms with Gasteiger partial charge in [-0.15, -0.1) is 0 Å². The van der Waals surface area contributed by atoms with Gasteiger partial charge in [0.2, 0.25) is 0 Å². The van der Waals surface area contributed by atoms with E-state index in [1.54, 1.807) is 12.1 Å². The monoisotopic (exact) mass is 376 g/mol. The molecular weight excluding hydrogens is 351 g/mol. The van der Waals surface area contributed by atoms with Gasteiger partial charge in [-0.3, -0.25) is 0 Å². The molecular formula is C20H25FN2O2S. The molecule has 0 amide bonds. The number of alkyl halides is 1. The summed E-state index contributed by atoms with van der Waals surface area (Å²) in [6.45, 7) is 0. The van der Waals surface area contributed by atoms with E-state index in [-0.39, 0.29) is 0 Å².